The molecule has 0 fully saturated rings. The van der Waals surface area contributed by atoms with Gasteiger partial charge in [0, 0.05) is 17.1 Å². The molecule has 0 aromatic carbocycles. The Labute approximate surface area is 99.8 Å². The molecule has 1 heterocycles. The first kappa shape index (κ1) is 13.0. The maximum absolute atomic E-state index is 11.6. The molecule has 0 saturated heterocycles. The Kier molecular flexibility index (Phi) is 4.76. The van der Waals surface area contributed by atoms with E-state index in [4.69, 9.17) is 10.5 Å². The van der Waals surface area contributed by atoms with Crippen LogP contribution in [-0.4, -0.2) is 25.2 Å². The summed E-state index contributed by atoms with van der Waals surface area (Å²) < 4.78 is 5.32. The van der Waals surface area contributed by atoms with E-state index in [2.05, 4.69) is 5.32 Å². The van der Waals surface area contributed by atoms with Gasteiger partial charge in [0.2, 0.25) is 0 Å². The summed E-state index contributed by atoms with van der Waals surface area (Å²) in [6.07, 6.45) is 0.191. The summed E-state index contributed by atoms with van der Waals surface area (Å²) >= 11 is 1.41. The second-order valence-electron chi connectivity index (χ2n) is 3.80. The highest BCUT2D eigenvalue weighted by Crippen LogP contribution is 2.22. The SMILES string of the molecule is Cc1sc(C(=O)NCCOC(C)C)cc1N. The normalized spacial score (nSPS) is 10.8. The van der Waals surface area contributed by atoms with Gasteiger partial charge in [0.25, 0.3) is 5.91 Å². The highest BCUT2D eigenvalue weighted by molar-refractivity contribution is 7.14. The number of carbonyl (C=O) groups excluding carboxylic acids is 1. The van der Waals surface area contributed by atoms with Crippen LogP contribution < -0.4 is 11.1 Å². The third-order valence-electron chi connectivity index (χ3n) is 2.02. The van der Waals surface area contributed by atoms with Crippen molar-refractivity contribution < 1.29 is 9.53 Å². The molecule has 90 valence electrons. The van der Waals surface area contributed by atoms with Crippen molar-refractivity contribution in [1.29, 1.82) is 0 Å². The van der Waals surface area contributed by atoms with E-state index in [9.17, 15) is 4.79 Å². The first-order valence-corrected chi connectivity index (χ1v) is 6.08. The number of nitrogen functional groups attached to an aromatic ring is 1. The molecule has 1 rings (SSSR count). The zero-order valence-electron chi connectivity index (χ0n) is 9.87. The van der Waals surface area contributed by atoms with Crippen LogP contribution in [0.1, 0.15) is 28.4 Å². The van der Waals surface area contributed by atoms with Crippen LogP contribution in [-0.2, 0) is 4.74 Å². The van der Waals surface area contributed by atoms with Crippen molar-refractivity contribution in [2.45, 2.75) is 26.9 Å². The van der Waals surface area contributed by atoms with E-state index < -0.39 is 0 Å². The largest absolute Gasteiger partial charge is 0.398 e. The topological polar surface area (TPSA) is 64.3 Å². The molecule has 1 aromatic heterocycles. The second-order valence-corrected chi connectivity index (χ2v) is 5.05. The number of nitrogens with two attached hydrogens (primary N) is 1. The van der Waals surface area contributed by atoms with Crippen molar-refractivity contribution in [2.24, 2.45) is 0 Å². The lowest BCUT2D eigenvalue weighted by Gasteiger charge is -2.07. The van der Waals surface area contributed by atoms with Crippen molar-refractivity contribution in [3.63, 3.8) is 0 Å². The van der Waals surface area contributed by atoms with Crippen molar-refractivity contribution in [2.75, 3.05) is 18.9 Å². The van der Waals surface area contributed by atoms with Gasteiger partial charge in [0.1, 0.15) is 0 Å². The summed E-state index contributed by atoms with van der Waals surface area (Å²) in [6.45, 7) is 6.88. The molecular formula is C11H18N2O2S. The summed E-state index contributed by atoms with van der Waals surface area (Å²) in [5.74, 6) is -0.0860. The third kappa shape index (κ3) is 3.83. The number of anilines is 1. The first-order valence-electron chi connectivity index (χ1n) is 5.26. The van der Waals surface area contributed by atoms with Gasteiger partial charge in [-0.3, -0.25) is 4.79 Å². The van der Waals surface area contributed by atoms with E-state index >= 15 is 0 Å². The lowest BCUT2D eigenvalue weighted by Crippen LogP contribution is -2.27. The number of hydrogen-bond acceptors (Lipinski definition) is 4. The van der Waals surface area contributed by atoms with Crippen LogP contribution in [0.4, 0.5) is 5.69 Å². The maximum Gasteiger partial charge on any atom is 0.261 e. The van der Waals surface area contributed by atoms with E-state index in [1.54, 1.807) is 6.07 Å². The number of carbonyl (C=O) groups is 1. The quantitative estimate of drug-likeness (QED) is 0.774. The number of amides is 1. The minimum Gasteiger partial charge on any atom is -0.398 e. The molecule has 16 heavy (non-hydrogen) atoms. The van der Waals surface area contributed by atoms with Crippen molar-refractivity contribution in [3.8, 4) is 0 Å². The molecule has 3 N–H and O–H groups in total. The Morgan fingerprint density at radius 3 is 2.81 bits per heavy atom. The van der Waals surface area contributed by atoms with Crippen LogP contribution in [0.25, 0.3) is 0 Å². The number of rotatable bonds is 5. The molecule has 1 amide bonds. The Bertz CT molecular complexity index is 341. The predicted octanol–water partition coefficient (Wildman–Crippen LogP) is 1.79. The molecule has 0 atom stereocenters. The Morgan fingerprint density at radius 1 is 1.62 bits per heavy atom. The molecular weight excluding hydrogens is 224 g/mol. The fourth-order valence-corrected chi connectivity index (χ4v) is 2.01. The van der Waals surface area contributed by atoms with Gasteiger partial charge in [-0.25, -0.2) is 0 Å². The molecule has 0 aliphatic carbocycles. The zero-order chi connectivity index (χ0) is 12.1. The van der Waals surface area contributed by atoms with Gasteiger partial charge in [-0.1, -0.05) is 0 Å². The maximum atomic E-state index is 11.6. The van der Waals surface area contributed by atoms with Gasteiger partial charge in [-0.05, 0) is 26.8 Å². The fourth-order valence-electron chi connectivity index (χ4n) is 1.15. The van der Waals surface area contributed by atoms with E-state index in [0.717, 1.165) is 4.88 Å². The summed E-state index contributed by atoms with van der Waals surface area (Å²) in [5, 5.41) is 2.79. The average molecular weight is 242 g/mol. The van der Waals surface area contributed by atoms with Gasteiger partial charge in [-0.2, -0.15) is 0 Å². The monoisotopic (exact) mass is 242 g/mol. The molecule has 0 radical (unpaired) electrons. The molecule has 0 aliphatic rings. The van der Waals surface area contributed by atoms with Crippen LogP contribution in [0, 0.1) is 6.92 Å². The zero-order valence-corrected chi connectivity index (χ0v) is 10.7. The molecule has 0 spiro atoms. The van der Waals surface area contributed by atoms with Crippen molar-refractivity contribution in [1.82, 2.24) is 5.32 Å². The Morgan fingerprint density at radius 2 is 2.31 bits per heavy atom. The van der Waals surface area contributed by atoms with E-state index in [1.165, 1.54) is 11.3 Å². The highest BCUT2D eigenvalue weighted by Gasteiger charge is 2.09. The van der Waals surface area contributed by atoms with Crippen LogP contribution in [0.2, 0.25) is 0 Å². The Balaban J connectivity index is 2.35. The van der Waals surface area contributed by atoms with Crippen LogP contribution in [0.3, 0.4) is 0 Å². The van der Waals surface area contributed by atoms with Crippen LogP contribution in [0.15, 0.2) is 6.07 Å². The predicted molar refractivity (Wildman–Crippen MR) is 66.9 cm³/mol. The smallest absolute Gasteiger partial charge is 0.261 e. The summed E-state index contributed by atoms with van der Waals surface area (Å²) in [7, 11) is 0. The minimum absolute atomic E-state index is 0.0860. The first-order chi connectivity index (χ1) is 7.50. The van der Waals surface area contributed by atoms with E-state index in [-0.39, 0.29) is 12.0 Å². The third-order valence-corrected chi connectivity index (χ3v) is 3.08. The lowest BCUT2D eigenvalue weighted by atomic mass is 10.3. The molecule has 0 unspecified atom stereocenters. The van der Waals surface area contributed by atoms with Crippen LogP contribution >= 0.6 is 11.3 Å². The summed E-state index contributed by atoms with van der Waals surface area (Å²) in [5.41, 5.74) is 6.35. The fraction of sp³-hybridized carbons (Fsp3) is 0.545. The summed E-state index contributed by atoms with van der Waals surface area (Å²) in [6, 6.07) is 1.71. The highest BCUT2D eigenvalue weighted by atomic mass is 32.1. The van der Waals surface area contributed by atoms with E-state index in [1.807, 2.05) is 20.8 Å². The van der Waals surface area contributed by atoms with Gasteiger partial charge in [0.15, 0.2) is 0 Å². The van der Waals surface area contributed by atoms with E-state index in [0.29, 0.717) is 23.7 Å². The lowest BCUT2D eigenvalue weighted by molar-refractivity contribution is 0.0748. The number of thiophene rings is 1. The molecule has 5 heteroatoms. The average Bonchev–Trinajstić information content (AvgIpc) is 2.54. The van der Waals surface area contributed by atoms with Crippen LogP contribution in [0.5, 0.6) is 0 Å². The minimum atomic E-state index is -0.0860. The van der Waals surface area contributed by atoms with Gasteiger partial charge < -0.3 is 15.8 Å². The number of hydrogen-bond donors (Lipinski definition) is 2. The number of ether oxygens (including phenoxy) is 1. The molecule has 0 aliphatic heterocycles. The van der Waals surface area contributed by atoms with Crippen molar-refractivity contribution in [3.05, 3.63) is 15.8 Å². The molecule has 4 nitrogen and oxygen atoms in total. The Hall–Kier alpha value is -1.07. The standard InChI is InChI=1S/C11H18N2O2S/c1-7(2)15-5-4-13-11(14)10-6-9(12)8(3)16-10/h6-7H,4-5,12H2,1-3H3,(H,13,14). The second kappa shape index (κ2) is 5.86. The van der Waals surface area contributed by atoms with Gasteiger partial charge in [0.05, 0.1) is 17.6 Å². The van der Waals surface area contributed by atoms with Gasteiger partial charge >= 0.3 is 0 Å². The molecule has 0 bridgehead atoms. The van der Waals surface area contributed by atoms with Gasteiger partial charge in [-0.15, -0.1) is 11.3 Å². The number of nitrogens with one attached hydrogen (secondary N) is 1. The number of aryl methyl sites for hydroxylation is 1. The molecule has 1 aromatic rings. The molecule has 0 saturated carbocycles. The van der Waals surface area contributed by atoms with Crippen molar-refractivity contribution >= 4 is 22.9 Å². The summed E-state index contributed by atoms with van der Waals surface area (Å²) in [4.78, 5) is 13.3.